The van der Waals surface area contributed by atoms with Gasteiger partial charge < -0.3 is 15.8 Å². The Morgan fingerprint density at radius 2 is 2.16 bits per heavy atom. The maximum Gasteiger partial charge on any atom is 0.227 e. The SMILES string of the molecule is CC(NC(=O)C1COCC1N)c1ccc(F)c(F)c1. The van der Waals surface area contributed by atoms with Gasteiger partial charge in [0.25, 0.3) is 0 Å². The van der Waals surface area contributed by atoms with E-state index in [1.165, 1.54) is 6.07 Å². The summed E-state index contributed by atoms with van der Waals surface area (Å²) in [6.07, 6.45) is 0. The van der Waals surface area contributed by atoms with E-state index in [4.69, 9.17) is 10.5 Å². The van der Waals surface area contributed by atoms with Crippen molar-refractivity contribution in [1.29, 1.82) is 0 Å². The molecule has 2 rings (SSSR count). The summed E-state index contributed by atoms with van der Waals surface area (Å²) in [4.78, 5) is 12.0. The fourth-order valence-corrected chi connectivity index (χ4v) is 2.03. The van der Waals surface area contributed by atoms with Gasteiger partial charge in [0.15, 0.2) is 11.6 Å². The molecule has 1 aromatic carbocycles. The second-order valence-electron chi connectivity index (χ2n) is 4.71. The number of nitrogens with two attached hydrogens (primary N) is 1. The lowest BCUT2D eigenvalue weighted by molar-refractivity contribution is -0.125. The van der Waals surface area contributed by atoms with Crippen LogP contribution >= 0.6 is 0 Å². The summed E-state index contributed by atoms with van der Waals surface area (Å²) in [5.74, 6) is -2.47. The molecule has 0 aliphatic carbocycles. The fraction of sp³-hybridized carbons (Fsp3) is 0.462. The summed E-state index contributed by atoms with van der Waals surface area (Å²) in [5, 5.41) is 2.73. The zero-order chi connectivity index (χ0) is 14.0. The smallest absolute Gasteiger partial charge is 0.227 e. The van der Waals surface area contributed by atoms with Gasteiger partial charge in [-0.15, -0.1) is 0 Å². The molecule has 4 nitrogen and oxygen atoms in total. The molecule has 1 aliphatic rings. The van der Waals surface area contributed by atoms with E-state index in [2.05, 4.69) is 5.32 Å². The van der Waals surface area contributed by atoms with Gasteiger partial charge >= 0.3 is 0 Å². The Labute approximate surface area is 109 Å². The number of hydrogen-bond acceptors (Lipinski definition) is 3. The molecule has 3 N–H and O–H groups in total. The van der Waals surface area contributed by atoms with Crippen molar-refractivity contribution < 1.29 is 18.3 Å². The highest BCUT2D eigenvalue weighted by atomic mass is 19.2. The van der Waals surface area contributed by atoms with Gasteiger partial charge in [-0.3, -0.25) is 4.79 Å². The summed E-state index contributed by atoms with van der Waals surface area (Å²) in [6.45, 7) is 2.35. The van der Waals surface area contributed by atoms with Crippen LogP contribution in [0.3, 0.4) is 0 Å². The number of hydrogen-bond donors (Lipinski definition) is 2. The van der Waals surface area contributed by atoms with Gasteiger partial charge in [0.05, 0.1) is 25.2 Å². The van der Waals surface area contributed by atoms with Crippen LogP contribution in [0.4, 0.5) is 8.78 Å². The molecule has 19 heavy (non-hydrogen) atoms. The minimum absolute atomic E-state index is 0.234. The van der Waals surface area contributed by atoms with Gasteiger partial charge in [-0.2, -0.15) is 0 Å². The summed E-state index contributed by atoms with van der Waals surface area (Å²) < 4.78 is 31.1. The normalized spacial score (nSPS) is 24.2. The highest BCUT2D eigenvalue weighted by molar-refractivity contribution is 5.80. The standard InChI is InChI=1S/C13H16F2N2O2/c1-7(8-2-3-10(14)11(15)4-8)17-13(18)9-5-19-6-12(9)16/h2-4,7,9,12H,5-6,16H2,1H3,(H,17,18). The largest absolute Gasteiger partial charge is 0.379 e. The van der Waals surface area contributed by atoms with Gasteiger partial charge in [0.2, 0.25) is 5.91 Å². The zero-order valence-electron chi connectivity index (χ0n) is 10.5. The summed E-state index contributed by atoms with van der Waals surface area (Å²) in [5.41, 5.74) is 6.24. The lowest BCUT2D eigenvalue weighted by Gasteiger charge is -2.19. The molecule has 1 aromatic rings. The van der Waals surface area contributed by atoms with Crippen LogP contribution in [0.25, 0.3) is 0 Å². The molecule has 0 bridgehead atoms. The maximum atomic E-state index is 13.1. The van der Waals surface area contributed by atoms with Crippen molar-refractivity contribution in [2.24, 2.45) is 11.7 Å². The fourth-order valence-electron chi connectivity index (χ4n) is 2.03. The minimum Gasteiger partial charge on any atom is -0.379 e. The van der Waals surface area contributed by atoms with E-state index in [9.17, 15) is 13.6 Å². The van der Waals surface area contributed by atoms with Gasteiger partial charge in [0, 0.05) is 6.04 Å². The predicted octanol–water partition coefficient (Wildman–Crippen LogP) is 1.12. The number of halogens is 2. The average Bonchev–Trinajstić information content (AvgIpc) is 2.79. The highest BCUT2D eigenvalue weighted by Crippen LogP contribution is 2.18. The predicted molar refractivity (Wildman–Crippen MR) is 65.2 cm³/mol. The van der Waals surface area contributed by atoms with E-state index in [0.29, 0.717) is 12.2 Å². The molecule has 0 saturated carbocycles. The number of ether oxygens (including phenoxy) is 1. The Balaban J connectivity index is 2.02. The molecule has 104 valence electrons. The van der Waals surface area contributed by atoms with E-state index in [1.54, 1.807) is 6.92 Å². The molecule has 6 heteroatoms. The van der Waals surface area contributed by atoms with Crippen LogP contribution in [-0.4, -0.2) is 25.2 Å². The number of benzene rings is 1. The molecule has 1 fully saturated rings. The summed E-state index contributed by atoms with van der Waals surface area (Å²) >= 11 is 0. The first-order valence-electron chi connectivity index (χ1n) is 6.07. The Morgan fingerprint density at radius 3 is 2.74 bits per heavy atom. The van der Waals surface area contributed by atoms with E-state index >= 15 is 0 Å². The van der Waals surface area contributed by atoms with Gasteiger partial charge in [0.1, 0.15) is 0 Å². The minimum atomic E-state index is -0.931. The van der Waals surface area contributed by atoms with Crippen molar-refractivity contribution in [3.8, 4) is 0 Å². The van der Waals surface area contributed by atoms with Crippen LogP contribution in [0, 0.1) is 17.6 Å². The lowest BCUT2D eigenvalue weighted by atomic mass is 10.0. The van der Waals surface area contributed by atoms with E-state index in [-0.39, 0.29) is 18.6 Å². The highest BCUT2D eigenvalue weighted by Gasteiger charge is 2.32. The van der Waals surface area contributed by atoms with E-state index in [1.807, 2.05) is 0 Å². The van der Waals surface area contributed by atoms with Crippen molar-refractivity contribution >= 4 is 5.91 Å². The van der Waals surface area contributed by atoms with Crippen LogP contribution in [0.1, 0.15) is 18.5 Å². The third-order valence-electron chi connectivity index (χ3n) is 3.26. The molecular weight excluding hydrogens is 254 g/mol. The molecule has 1 amide bonds. The molecular formula is C13H16F2N2O2. The summed E-state index contributed by atoms with van der Waals surface area (Å²) in [7, 11) is 0. The Hall–Kier alpha value is -1.53. The molecule has 3 atom stereocenters. The van der Waals surface area contributed by atoms with Gasteiger partial charge in [-0.05, 0) is 24.6 Å². The molecule has 3 unspecified atom stereocenters. The van der Waals surface area contributed by atoms with E-state index in [0.717, 1.165) is 12.1 Å². The second-order valence-corrected chi connectivity index (χ2v) is 4.71. The van der Waals surface area contributed by atoms with Crippen molar-refractivity contribution in [2.75, 3.05) is 13.2 Å². The number of rotatable bonds is 3. The second kappa shape index (κ2) is 5.63. The molecule has 1 aliphatic heterocycles. The Bertz CT molecular complexity index is 482. The van der Waals surface area contributed by atoms with Crippen molar-refractivity contribution in [3.63, 3.8) is 0 Å². The topological polar surface area (TPSA) is 64.3 Å². The van der Waals surface area contributed by atoms with Gasteiger partial charge in [-0.25, -0.2) is 8.78 Å². The maximum absolute atomic E-state index is 13.1. The van der Waals surface area contributed by atoms with Crippen LogP contribution in [0.2, 0.25) is 0 Å². The molecule has 1 saturated heterocycles. The molecule has 0 radical (unpaired) electrons. The molecule has 0 spiro atoms. The monoisotopic (exact) mass is 270 g/mol. The van der Waals surface area contributed by atoms with Crippen molar-refractivity contribution in [2.45, 2.75) is 19.0 Å². The third kappa shape index (κ3) is 3.08. The Kier molecular flexibility index (Phi) is 4.11. The number of carbonyl (C=O) groups is 1. The van der Waals surface area contributed by atoms with E-state index < -0.39 is 23.6 Å². The number of nitrogens with one attached hydrogen (secondary N) is 1. The number of amides is 1. The van der Waals surface area contributed by atoms with Crippen LogP contribution < -0.4 is 11.1 Å². The Morgan fingerprint density at radius 1 is 1.42 bits per heavy atom. The third-order valence-corrected chi connectivity index (χ3v) is 3.26. The molecule has 1 heterocycles. The van der Waals surface area contributed by atoms with Crippen LogP contribution in [-0.2, 0) is 9.53 Å². The first-order chi connectivity index (χ1) is 8.99. The van der Waals surface area contributed by atoms with Crippen molar-refractivity contribution in [3.05, 3.63) is 35.4 Å². The first kappa shape index (κ1) is 13.9. The quantitative estimate of drug-likeness (QED) is 0.865. The average molecular weight is 270 g/mol. The van der Waals surface area contributed by atoms with Crippen LogP contribution in [0.5, 0.6) is 0 Å². The zero-order valence-corrected chi connectivity index (χ0v) is 10.5. The summed E-state index contributed by atoms with van der Waals surface area (Å²) in [6, 6.07) is 2.81. The van der Waals surface area contributed by atoms with Crippen molar-refractivity contribution in [1.82, 2.24) is 5.32 Å². The lowest BCUT2D eigenvalue weighted by Crippen LogP contribution is -2.41. The molecule has 0 aromatic heterocycles. The van der Waals surface area contributed by atoms with Gasteiger partial charge in [-0.1, -0.05) is 6.07 Å². The number of carbonyl (C=O) groups excluding carboxylic acids is 1. The van der Waals surface area contributed by atoms with Crippen LogP contribution in [0.15, 0.2) is 18.2 Å². The first-order valence-corrected chi connectivity index (χ1v) is 6.07.